The zero-order chi connectivity index (χ0) is 17.9. The summed E-state index contributed by atoms with van der Waals surface area (Å²) >= 11 is 3.38. The standard InChI is InChI=1S/C19H21BrN2O3/c1-2-3-11-24-17-7-9-18(10-8-17)25-14-19(23)22-21-13-15-5-4-6-16(20)12-15/h4-10,12-13H,2-3,11,14H2,1H3,(H,22,23)/b21-13+. The van der Waals surface area contributed by atoms with Crippen molar-refractivity contribution in [2.24, 2.45) is 5.10 Å². The molecule has 0 saturated heterocycles. The summed E-state index contributed by atoms with van der Waals surface area (Å²) in [4.78, 5) is 11.7. The van der Waals surface area contributed by atoms with Gasteiger partial charge in [0.1, 0.15) is 11.5 Å². The number of nitrogens with zero attached hydrogens (tertiary/aromatic N) is 1. The lowest BCUT2D eigenvalue weighted by Gasteiger charge is -2.07. The molecule has 0 unspecified atom stereocenters. The van der Waals surface area contributed by atoms with Crippen molar-refractivity contribution in [3.05, 3.63) is 58.6 Å². The molecule has 1 N–H and O–H groups in total. The van der Waals surface area contributed by atoms with Gasteiger partial charge in [-0.05, 0) is 48.4 Å². The van der Waals surface area contributed by atoms with Crippen molar-refractivity contribution in [1.29, 1.82) is 0 Å². The van der Waals surface area contributed by atoms with E-state index in [0.717, 1.165) is 28.6 Å². The molecule has 6 heteroatoms. The zero-order valence-corrected chi connectivity index (χ0v) is 15.7. The molecule has 2 aromatic carbocycles. The van der Waals surface area contributed by atoms with Crippen molar-refractivity contribution in [2.75, 3.05) is 13.2 Å². The molecule has 1 amide bonds. The molecular formula is C19H21BrN2O3. The fourth-order valence-electron chi connectivity index (χ4n) is 1.91. The second kappa shape index (κ2) is 10.5. The summed E-state index contributed by atoms with van der Waals surface area (Å²) in [7, 11) is 0. The molecule has 5 nitrogen and oxygen atoms in total. The summed E-state index contributed by atoms with van der Waals surface area (Å²) < 4.78 is 11.9. The maximum atomic E-state index is 11.7. The van der Waals surface area contributed by atoms with E-state index in [4.69, 9.17) is 9.47 Å². The number of carbonyl (C=O) groups is 1. The predicted octanol–water partition coefficient (Wildman–Crippen LogP) is 4.16. The van der Waals surface area contributed by atoms with Crippen LogP contribution < -0.4 is 14.9 Å². The molecule has 0 spiro atoms. The SMILES string of the molecule is CCCCOc1ccc(OCC(=O)N/N=C/c2cccc(Br)c2)cc1. The Bertz CT molecular complexity index is 702. The molecule has 0 aliphatic carbocycles. The molecule has 0 bridgehead atoms. The minimum Gasteiger partial charge on any atom is -0.494 e. The van der Waals surface area contributed by atoms with Gasteiger partial charge in [-0.2, -0.15) is 5.10 Å². The Balaban J connectivity index is 1.72. The number of hydrogen-bond acceptors (Lipinski definition) is 4. The molecule has 0 atom stereocenters. The van der Waals surface area contributed by atoms with Crippen LogP contribution in [-0.2, 0) is 4.79 Å². The maximum Gasteiger partial charge on any atom is 0.277 e. The van der Waals surface area contributed by atoms with E-state index in [1.54, 1.807) is 18.3 Å². The molecule has 0 saturated carbocycles. The van der Waals surface area contributed by atoms with Gasteiger partial charge in [-0.15, -0.1) is 0 Å². The Hall–Kier alpha value is -2.34. The van der Waals surface area contributed by atoms with E-state index >= 15 is 0 Å². The highest BCUT2D eigenvalue weighted by molar-refractivity contribution is 9.10. The Morgan fingerprint density at radius 3 is 2.56 bits per heavy atom. The third-order valence-corrected chi connectivity index (χ3v) is 3.71. The third kappa shape index (κ3) is 7.39. The molecule has 0 aliphatic heterocycles. The number of hydrazone groups is 1. The molecule has 2 aromatic rings. The molecule has 0 aliphatic rings. The van der Waals surface area contributed by atoms with Gasteiger partial charge in [-0.3, -0.25) is 4.79 Å². The molecule has 0 fully saturated rings. The van der Waals surface area contributed by atoms with Gasteiger partial charge in [0.2, 0.25) is 0 Å². The summed E-state index contributed by atoms with van der Waals surface area (Å²) in [5, 5.41) is 3.91. The first kappa shape index (κ1) is 19.0. The van der Waals surface area contributed by atoms with Gasteiger partial charge in [0.15, 0.2) is 6.61 Å². The number of benzene rings is 2. The highest BCUT2D eigenvalue weighted by atomic mass is 79.9. The summed E-state index contributed by atoms with van der Waals surface area (Å²) in [5.41, 5.74) is 3.32. The fourth-order valence-corrected chi connectivity index (χ4v) is 2.33. The molecule has 0 radical (unpaired) electrons. The van der Waals surface area contributed by atoms with Crippen LogP contribution in [0.25, 0.3) is 0 Å². The number of halogens is 1. The van der Waals surface area contributed by atoms with Crippen LogP contribution in [0.2, 0.25) is 0 Å². The van der Waals surface area contributed by atoms with Crippen LogP contribution in [0.5, 0.6) is 11.5 Å². The van der Waals surface area contributed by atoms with E-state index in [2.05, 4.69) is 33.4 Å². The Morgan fingerprint density at radius 1 is 1.16 bits per heavy atom. The number of hydrogen-bond donors (Lipinski definition) is 1. The smallest absolute Gasteiger partial charge is 0.277 e. The minimum atomic E-state index is -0.325. The van der Waals surface area contributed by atoms with Crippen molar-refractivity contribution < 1.29 is 14.3 Å². The quantitative estimate of drug-likeness (QED) is 0.387. The first-order valence-electron chi connectivity index (χ1n) is 8.10. The zero-order valence-electron chi connectivity index (χ0n) is 14.1. The van der Waals surface area contributed by atoms with E-state index in [-0.39, 0.29) is 12.5 Å². The van der Waals surface area contributed by atoms with Crippen LogP contribution in [0, 0.1) is 0 Å². The van der Waals surface area contributed by atoms with E-state index in [0.29, 0.717) is 12.4 Å². The number of ether oxygens (including phenoxy) is 2. The number of unbranched alkanes of at least 4 members (excludes halogenated alkanes) is 1. The lowest BCUT2D eigenvalue weighted by atomic mass is 10.2. The van der Waals surface area contributed by atoms with Crippen LogP contribution >= 0.6 is 15.9 Å². The molecule has 2 rings (SSSR count). The number of carbonyl (C=O) groups excluding carboxylic acids is 1. The van der Waals surface area contributed by atoms with Crippen LogP contribution in [0.4, 0.5) is 0 Å². The number of nitrogens with one attached hydrogen (secondary N) is 1. The second-order valence-electron chi connectivity index (χ2n) is 5.31. The fraction of sp³-hybridized carbons (Fsp3) is 0.263. The van der Waals surface area contributed by atoms with Crippen molar-refractivity contribution in [1.82, 2.24) is 5.43 Å². The Labute approximate surface area is 156 Å². The van der Waals surface area contributed by atoms with Gasteiger partial charge in [0, 0.05) is 4.47 Å². The minimum absolute atomic E-state index is 0.105. The van der Waals surface area contributed by atoms with Crippen LogP contribution in [0.15, 0.2) is 58.1 Å². The van der Waals surface area contributed by atoms with Gasteiger partial charge < -0.3 is 9.47 Å². The summed E-state index contributed by atoms with van der Waals surface area (Å²) in [5.74, 6) is 1.08. The lowest BCUT2D eigenvalue weighted by molar-refractivity contribution is -0.123. The second-order valence-corrected chi connectivity index (χ2v) is 6.23. The first-order valence-corrected chi connectivity index (χ1v) is 8.90. The highest BCUT2D eigenvalue weighted by Gasteiger charge is 2.02. The average molecular weight is 405 g/mol. The van der Waals surface area contributed by atoms with Crippen LogP contribution in [-0.4, -0.2) is 25.3 Å². The Kier molecular flexibility index (Phi) is 7.98. The van der Waals surface area contributed by atoms with Crippen molar-refractivity contribution in [3.63, 3.8) is 0 Å². The van der Waals surface area contributed by atoms with E-state index in [1.165, 1.54) is 0 Å². The normalized spacial score (nSPS) is 10.6. The van der Waals surface area contributed by atoms with E-state index in [1.807, 2.05) is 36.4 Å². The van der Waals surface area contributed by atoms with Gasteiger partial charge in [-0.25, -0.2) is 5.43 Å². The van der Waals surface area contributed by atoms with Crippen molar-refractivity contribution in [3.8, 4) is 11.5 Å². The molecular weight excluding hydrogens is 384 g/mol. The highest BCUT2D eigenvalue weighted by Crippen LogP contribution is 2.17. The van der Waals surface area contributed by atoms with Gasteiger partial charge in [0.05, 0.1) is 12.8 Å². The lowest BCUT2D eigenvalue weighted by Crippen LogP contribution is -2.24. The number of rotatable bonds is 9. The van der Waals surface area contributed by atoms with Crippen LogP contribution in [0.3, 0.4) is 0 Å². The van der Waals surface area contributed by atoms with Crippen molar-refractivity contribution >= 4 is 28.1 Å². The topological polar surface area (TPSA) is 59.9 Å². The molecule has 0 heterocycles. The summed E-state index contributed by atoms with van der Waals surface area (Å²) in [6, 6.07) is 14.8. The van der Waals surface area contributed by atoms with Gasteiger partial charge in [-0.1, -0.05) is 41.4 Å². The third-order valence-electron chi connectivity index (χ3n) is 3.21. The summed E-state index contributed by atoms with van der Waals surface area (Å²) in [6.07, 6.45) is 3.70. The van der Waals surface area contributed by atoms with Crippen LogP contribution in [0.1, 0.15) is 25.3 Å². The average Bonchev–Trinajstić information content (AvgIpc) is 2.61. The molecule has 25 heavy (non-hydrogen) atoms. The monoisotopic (exact) mass is 404 g/mol. The molecule has 132 valence electrons. The van der Waals surface area contributed by atoms with E-state index in [9.17, 15) is 4.79 Å². The van der Waals surface area contributed by atoms with Gasteiger partial charge in [0.25, 0.3) is 5.91 Å². The summed E-state index contributed by atoms with van der Waals surface area (Å²) in [6.45, 7) is 2.72. The number of amides is 1. The predicted molar refractivity (Wildman–Crippen MR) is 102 cm³/mol. The largest absolute Gasteiger partial charge is 0.494 e. The molecule has 0 aromatic heterocycles. The van der Waals surface area contributed by atoms with E-state index < -0.39 is 0 Å². The van der Waals surface area contributed by atoms with Crippen molar-refractivity contribution in [2.45, 2.75) is 19.8 Å². The maximum absolute atomic E-state index is 11.7. The van der Waals surface area contributed by atoms with Gasteiger partial charge >= 0.3 is 0 Å². The first-order chi connectivity index (χ1) is 12.2. The Morgan fingerprint density at radius 2 is 1.88 bits per heavy atom.